The van der Waals surface area contributed by atoms with Crippen LogP contribution in [-0.2, 0) is 15.1 Å². The molecule has 0 saturated heterocycles. The molecule has 7 heteroatoms. The van der Waals surface area contributed by atoms with Gasteiger partial charge in [0.05, 0.1) is 18.6 Å². The maximum absolute atomic E-state index is 11.2. The van der Waals surface area contributed by atoms with E-state index in [2.05, 4.69) is 26.0 Å². The number of carbonyl (C=O) groups is 1. The summed E-state index contributed by atoms with van der Waals surface area (Å²) in [4.78, 5) is 21.4. The molecule has 1 aliphatic rings. The molecule has 6 nitrogen and oxygen atoms in total. The molecule has 1 aliphatic carbocycles. The van der Waals surface area contributed by atoms with Crippen molar-refractivity contribution in [1.82, 2.24) is 5.32 Å². The van der Waals surface area contributed by atoms with E-state index < -0.39 is 4.92 Å². The number of carbonyl (C=O) groups excluding carboxylic acids is 1. The second-order valence-corrected chi connectivity index (χ2v) is 5.29. The van der Waals surface area contributed by atoms with Crippen molar-refractivity contribution >= 4 is 27.6 Å². The van der Waals surface area contributed by atoms with Gasteiger partial charge in [-0.05, 0) is 24.5 Å². The fourth-order valence-corrected chi connectivity index (χ4v) is 2.73. The number of rotatable bonds is 5. The Morgan fingerprint density at radius 3 is 2.74 bits per heavy atom. The summed E-state index contributed by atoms with van der Waals surface area (Å²) < 4.78 is 5.26. The molecule has 0 radical (unpaired) electrons. The summed E-state index contributed by atoms with van der Waals surface area (Å²) in [6.45, 7) is 0.125. The van der Waals surface area contributed by atoms with Crippen LogP contribution in [0.4, 0.5) is 5.69 Å². The van der Waals surface area contributed by atoms with E-state index in [4.69, 9.17) is 0 Å². The molecule has 1 fully saturated rings. The molecule has 0 heterocycles. The van der Waals surface area contributed by atoms with Crippen LogP contribution in [0.25, 0.3) is 0 Å². The third-order valence-corrected chi connectivity index (χ3v) is 3.88. The smallest absolute Gasteiger partial charge is 0.319 e. The quantitative estimate of drug-likeness (QED) is 0.508. The van der Waals surface area contributed by atoms with Gasteiger partial charge in [0.2, 0.25) is 0 Å². The highest BCUT2D eigenvalue weighted by Crippen LogP contribution is 2.48. The first-order valence-corrected chi connectivity index (χ1v) is 6.54. The van der Waals surface area contributed by atoms with Gasteiger partial charge in [-0.15, -0.1) is 0 Å². The van der Waals surface area contributed by atoms with Crippen LogP contribution in [0.1, 0.15) is 18.4 Å². The molecule has 0 unspecified atom stereocenters. The molecule has 2 rings (SSSR count). The topological polar surface area (TPSA) is 81.5 Å². The Balaban J connectivity index is 2.17. The van der Waals surface area contributed by atoms with Gasteiger partial charge in [-0.1, -0.05) is 15.9 Å². The normalized spacial score (nSPS) is 15.9. The highest BCUT2D eigenvalue weighted by atomic mass is 79.9. The number of esters is 1. The van der Waals surface area contributed by atoms with Crippen LogP contribution in [-0.4, -0.2) is 24.5 Å². The average molecular weight is 329 g/mol. The summed E-state index contributed by atoms with van der Waals surface area (Å²) in [6, 6.07) is 4.68. The third-order valence-electron chi connectivity index (χ3n) is 3.23. The summed E-state index contributed by atoms with van der Waals surface area (Å²) in [7, 11) is 1.34. The van der Waals surface area contributed by atoms with Gasteiger partial charge in [-0.2, -0.15) is 0 Å². The lowest BCUT2D eigenvalue weighted by molar-refractivity contribution is -0.384. The van der Waals surface area contributed by atoms with Gasteiger partial charge in [-0.3, -0.25) is 20.2 Å². The van der Waals surface area contributed by atoms with Crippen LogP contribution in [0.3, 0.4) is 0 Å². The number of hydrogen-bond donors (Lipinski definition) is 1. The maximum Gasteiger partial charge on any atom is 0.319 e. The first-order valence-electron chi connectivity index (χ1n) is 5.75. The van der Waals surface area contributed by atoms with E-state index in [0.717, 1.165) is 18.4 Å². The summed E-state index contributed by atoms with van der Waals surface area (Å²) >= 11 is 3.35. The van der Waals surface area contributed by atoms with Crippen molar-refractivity contribution in [3.63, 3.8) is 0 Å². The largest absolute Gasteiger partial charge is 0.468 e. The molecule has 0 aliphatic heterocycles. The zero-order valence-corrected chi connectivity index (χ0v) is 11.9. The lowest BCUT2D eigenvalue weighted by atomic mass is 10.0. The minimum absolute atomic E-state index is 0.0411. The standard InChI is InChI=1S/C12H13BrN2O4/c1-19-11(16)7-14-12(4-5-12)9-3-2-8(15(17)18)6-10(9)13/h2-3,6,14H,4-5,7H2,1H3. The maximum atomic E-state index is 11.2. The third kappa shape index (κ3) is 2.93. The molecular weight excluding hydrogens is 316 g/mol. The van der Waals surface area contributed by atoms with Gasteiger partial charge < -0.3 is 4.74 Å². The highest BCUT2D eigenvalue weighted by Gasteiger charge is 2.45. The summed E-state index contributed by atoms with van der Waals surface area (Å²) in [6.07, 6.45) is 1.78. The number of benzene rings is 1. The molecule has 19 heavy (non-hydrogen) atoms. The van der Waals surface area contributed by atoms with E-state index in [1.54, 1.807) is 6.07 Å². The van der Waals surface area contributed by atoms with E-state index in [-0.39, 0.29) is 23.7 Å². The predicted molar refractivity (Wildman–Crippen MR) is 71.7 cm³/mol. The van der Waals surface area contributed by atoms with Gasteiger partial charge in [0.15, 0.2) is 0 Å². The van der Waals surface area contributed by atoms with Gasteiger partial charge >= 0.3 is 5.97 Å². The van der Waals surface area contributed by atoms with Crippen molar-refractivity contribution < 1.29 is 14.5 Å². The number of nitrogens with zero attached hydrogens (tertiary/aromatic N) is 1. The molecule has 1 N–H and O–H groups in total. The number of non-ortho nitro benzene ring substituents is 1. The molecule has 0 amide bonds. The predicted octanol–water partition coefficient (Wildman–Crippen LogP) is 2.11. The van der Waals surface area contributed by atoms with Crippen LogP contribution >= 0.6 is 15.9 Å². The van der Waals surface area contributed by atoms with Crippen molar-refractivity contribution in [2.75, 3.05) is 13.7 Å². The van der Waals surface area contributed by atoms with E-state index in [0.29, 0.717) is 4.47 Å². The van der Waals surface area contributed by atoms with Crippen LogP contribution in [0, 0.1) is 10.1 Å². The second-order valence-electron chi connectivity index (χ2n) is 4.43. The van der Waals surface area contributed by atoms with Crippen molar-refractivity contribution in [1.29, 1.82) is 0 Å². The number of nitrogens with one attached hydrogen (secondary N) is 1. The molecule has 0 aromatic heterocycles. The minimum atomic E-state index is -0.435. The first kappa shape index (κ1) is 14.0. The summed E-state index contributed by atoms with van der Waals surface area (Å²) in [5, 5.41) is 13.8. The molecular formula is C12H13BrN2O4. The highest BCUT2D eigenvalue weighted by molar-refractivity contribution is 9.10. The van der Waals surface area contributed by atoms with Crippen LogP contribution in [0.2, 0.25) is 0 Å². The fraction of sp³-hybridized carbons (Fsp3) is 0.417. The Hall–Kier alpha value is -1.47. The minimum Gasteiger partial charge on any atom is -0.468 e. The Morgan fingerprint density at radius 1 is 1.58 bits per heavy atom. The Kier molecular flexibility index (Phi) is 3.86. The van der Waals surface area contributed by atoms with Crippen LogP contribution < -0.4 is 5.32 Å². The Labute approximate surface area is 118 Å². The lowest BCUT2D eigenvalue weighted by Crippen LogP contribution is -2.34. The molecule has 102 valence electrons. The number of nitro benzene ring substituents is 1. The number of halogens is 1. The molecule has 0 atom stereocenters. The van der Waals surface area contributed by atoms with Gasteiger partial charge in [0.1, 0.15) is 0 Å². The van der Waals surface area contributed by atoms with E-state index in [9.17, 15) is 14.9 Å². The number of hydrogen-bond acceptors (Lipinski definition) is 5. The van der Waals surface area contributed by atoms with Gasteiger partial charge in [-0.25, -0.2) is 0 Å². The monoisotopic (exact) mass is 328 g/mol. The zero-order chi connectivity index (χ0) is 14.0. The summed E-state index contributed by atoms with van der Waals surface area (Å²) in [5.74, 6) is -0.329. The van der Waals surface area contributed by atoms with Crippen molar-refractivity contribution in [3.05, 3.63) is 38.3 Å². The number of ether oxygens (including phenoxy) is 1. The van der Waals surface area contributed by atoms with E-state index in [1.165, 1.54) is 19.2 Å². The fourth-order valence-electron chi connectivity index (χ4n) is 1.99. The van der Waals surface area contributed by atoms with E-state index >= 15 is 0 Å². The van der Waals surface area contributed by atoms with Gasteiger partial charge in [0.25, 0.3) is 5.69 Å². The van der Waals surface area contributed by atoms with E-state index in [1.807, 2.05) is 0 Å². The molecule has 1 saturated carbocycles. The van der Waals surface area contributed by atoms with Crippen LogP contribution in [0.15, 0.2) is 22.7 Å². The second kappa shape index (κ2) is 5.26. The zero-order valence-electron chi connectivity index (χ0n) is 10.3. The average Bonchev–Trinajstić information content (AvgIpc) is 3.16. The van der Waals surface area contributed by atoms with Crippen LogP contribution in [0.5, 0.6) is 0 Å². The Morgan fingerprint density at radius 2 is 2.26 bits per heavy atom. The number of methoxy groups -OCH3 is 1. The van der Waals surface area contributed by atoms with Crippen molar-refractivity contribution in [2.24, 2.45) is 0 Å². The molecule has 0 bridgehead atoms. The van der Waals surface area contributed by atoms with Crippen molar-refractivity contribution in [3.8, 4) is 0 Å². The Bertz CT molecular complexity index is 528. The van der Waals surface area contributed by atoms with Gasteiger partial charge in [0, 0.05) is 22.1 Å². The lowest BCUT2D eigenvalue weighted by Gasteiger charge is -2.18. The molecule has 1 aromatic rings. The first-order chi connectivity index (χ1) is 8.98. The number of nitro groups is 1. The SMILES string of the molecule is COC(=O)CNC1(c2ccc([N+](=O)[O-])cc2Br)CC1. The van der Waals surface area contributed by atoms with Crippen molar-refractivity contribution in [2.45, 2.75) is 18.4 Å². The molecule has 1 aromatic carbocycles. The molecule has 0 spiro atoms. The summed E-state index contributed by atoms with van der Waals surface area (Å²) in [5.41, 5.74) is 0.698.